The van der Waals surface area contributed by atoms with E-state index >= 15 is 0 Å². The first kappa shape index (κ1) is 10.1. The van der Waals surface area contributed by atoms with Crippen LogP contribution in [0.15, 0.2) is 18.2 Å². The molecule has 3 nitrogen and oxygen atoms in total. The van der Waals surface area contributed by atoms with Crippen molar-refractivity contribution in [3.8, 4) is 6.07 Å². The molecule has 1 aromatic carbocycles. The van der Waals surface area contributed by atoms with Gasteiger partial charge in [0.1, 0.15) is 6.07 Å². The lowest BCUT2D eigenvalue weighted by Crippen LogP contribution is -1.88. The van der Waals surface area contributed by atoms with Gasteiger partial charge in [-0.05, 0) is 30.5 Å². The molecular weight excluding hydrogens is 208 g/mol. The zero-order chi connectivity index (χ0) is 10.7. The van der Waals surface area contributed by atoms with Crippen LogP contribution in [0, 0.1) is 11.3 Å². The number of aryl methyl sites for hydroxylation is 1. The number of aromatic nitrogens is 1. The molecule has 0 unspecified atom stereocenters. The van der Waals surface area contributed by atoms with Crippen molar-refractivity contribution >= 4 is 21.6 Å². The Morgan fingerprint density at radius 2 is 2.33 bits per heavy atom. The molecule has 1 heterocycles. The number of fused-ring (bicyclic) bond motifs is 1. The molecule has 0 atom stereocenters. The van der Waals surface area contributed by atoms with Crippen molar-refractivity contribution in [3.05, 3.63) is 28.8 Å². The highest BCUT2D eigenvalue weighted by molar-refractivity contribution is 7.19. The Balaban J connectivity index is 2.34. The van der Waals surface area contributed by atoms with Crippen molar-refractivity contribution in [2.75, 3.05) is 6.61 Å². The third-order valence-electron chi connectivity index (χ3n) is 2.17. The highest BCUT2D eigenvalue weighted by Gasteiger charge is 2.03. The number of aliphatic hydroxyl groups is 1. The van der Waals surface area contributed by atoms with Crippen LogP contribution in [0.2, 0.25) is 0 Å². The Hall–Kier alpha value is -1.44. The molecule has 0 saturated carbocycles. The molecule has 1 aromatic heterocycles. The molecular formula is C11H10N2OS. The largest absolute Gasteiger partial charge is 0.396 e. The molecule has 0 saturated heterocycles. The molecule has 0 radical (unpaired) electrons. The Morgan fingerprint density at radius 3 is 3.07 bits per heavy atom. The third kappa shape index (κ3) is 2.14. The van der Waals surface area contributed by atoms with E-state index in [9.17, 15) is 0 Å². The summed E-state index contributed by atoms with van der Waals surface area (Å²) in [6.07, 6.45) is 1.64. The Morgan fingerprint density at radius 1 is 1.47 bits per heavy atom. The van der Waals surface area contributed by atoms with Crippen molar-refractivity contribution < 1.29 is 5.11 Å². The van der Waals surface area contributed by atoms with Crippen LogP contribution in [0.4, 0.5) is 0 Å². The minimum atomic E-state index is 0.212. The number of aliphatic hydroxyl groups excluding tert-OH is 1. The van der Waals surface area contributed by atoms with Gasteiger partial charge in [-0.2, -0.15) is 5.26 Å². The second kappa shape index (κ2) is 4.39. The Bertz CT molecular complexity index is 513. The van der Waals surface area contributed by atoms with Crippen LogP contribution in [0.3, 0.4) is 0 Å². The van der Waals surface area contributed by atoms with Crippen LogP contribution in [0.1, 0.15) is 17.0 Å². The molecule has 1 N–H and O–H groups in total. The highest BCUT2D eigenvalue weighted by atomic mass is 32.1. The summed E-state index contributed by atoms with van der Waals surface area (Å²) in [5, 5.41) is 17.9. The summed E-state index contributed by atoms with van der Waals surface area (Å²) in [7, 11) is 0. The summed E-state index contributed by atoms with van der Waals surface area (Å²) in [6.45, 7) is 0.212. The quantitative estimate of drug-likeness (QED) is 0.858. The third-order valence-corrected chi connectivity index (χ3v) is 3.09. The summed E-state index contributed by atoms with van der Waals surface area (Å²) >= 11 is 1.41. The molecule has 0 spiro atoms. The summed E-state index contributed by atoms with van der Waals surface area (Å²) in [5.74, 6) is 0. The average molecular weight is 218 g/mol. The van der Waals surface area contributed by atoms with Gasteiger partial charge in [-0.25, -0.2) is 4.98 Å². The minimum absolute atomic E-state index is 0.212. The summed E-state index contributed by atoms with van der Waals surface area (Å²) < 4.78 is 1.04. The predicted molar refractivity (Wildman–Crippen MR) is 59.7 cm³/mol. The van der Waals surface area contributed by atoms with E-state index in [2.05, 4.69) is 4.98 Å². The van der Waals surface area contributed by atoms with E-state index in [-0.39, 0.29) is 6.61 Å². The lowest BCUT2D eigenvalue weighted by molar-refractivity contribution is 0.288. The molecule has 2 rings (SSSR count). The standard InChI is InChI=1S/C11H10N2OS/c12-7-11-13-9-4-3-8(2-1-5-14)6-10(9)15-11/h3-4,6,14H,1-2,5H2. The van der Waals surface area contributed by atoms with Crippen LogP contribution < -0.4 is 0 Å². The fourth-order valence-corrected chi connectivity index (χ4v) is 2.28. The topological polar surface area (TPSA) is 56.9 Å². The van der Waals surface area contributed by atoms with Gasteiger partial charge in [0.15, 0.2) is 5.01 Å². The fourth-order valence-electron chi connectivity index (χ4n) is 1.46. The van der Waals surface area contributed by atoms with Gasteiger partial charge in [-0.15, -0.1) is 11.3 Å². The first-order valence-electron chi connectivity index (χ1n) is 4.74. The maximum absolute atomic E-state index is 8.73. The molecule has 0 aliphatic rings. The van der Waals surface area contributed by atoms with E-state index < -0.39 is 0 Å². The van der Waals surface area contributed by atoms with Crippen molar-refractivity contribution in [1.29, 1.82) is 5.26 Å². The monoisotopic (exact) mass is 218 g/mol. The fraction of sp³-hybridized carbons (Fsp3) is 0.273. The molecule has 0 bridgehead atoms. The van der Waals surface area contributed by atoms with Gasteiger partial charge in [0.25, 0.3) is 0 Å². The van der Waals surface area contributed by atoms with Crippen molar-refractivity contribution in [2.45, 2.75) is 12.8 Å². The van der Waals surface area contributed by atoms with Gasteiger partial charge >= 0.3 is 0 Å². The first-order valence-corrected chi connectivity index (χ1v) is 5.55. The van der Waals surface area contributed by atoms with E-state index in [1.165, 1.54) is 16.9 Å². The summed E-state index contributed by atoms with van der Waals surface area (Å²) in [4.78, 5) is 4.16. The maximum atomic E-state index is 8.73. The summed E-state index contributed by atoms with van der Waals surface area (Å²) in [6, 6.07) is 8.02. The number of hydrogen-bond donors (Lipinski definition) is 1. The number of thiazole rings is 1. The van der Waals surface area contributed by atoms with Gasteiger partial charge in [-0.3, -0.25) is 0 Å². The van der Waals surface area contributed by atoms with Gasteiger partial charge < -0.3 is 5.11 Å². The predicted octanol–water partition coefficient (Wildman–Crippen LogP) is 2.09. The number of nitriles is 1. The molecule has 15 heavy (non-hydrogen) atoms. The SMILES string of the molecule is N#Cc1nc2ccc(CCCO)cc2s1. The highest BCUT2D eigenvalue weighted by Crippen LogP contribution is 2.23. The van der Waals surface area contributed by atoms with Crippen molar-refractivity contribution in [1.82, 2.24) is 4.98 Å². The first-order chi connectivity index (χ1) is 7.33. The maximum Gasteiger partial charge on any atom is 0.195 e. The van der Waals surface area contributed by atoms with E-state index in [0.717, 1.165) is 23.1 Å². The van der Waals surface area contributed by atoms with Crippen LogP contribution >= 0.6 is 11.3 Å². The van der Waals surface area contributed by atoms with Crippen LogP contribution in [0.5, 0.6) is 0 Å². The van der Waals surface area contributed by atoms with Crippen LogP contribution in [-0.2, 0) is 6.42 Å². The summed E-state index contributed by atoms with van der Waals surface area (Å²) in [5.41, 5.74) is 2.06. The van der Waals surface area contributed by atoms with Gasteiger partial charge in [0.05, 0.1) is 10.2 Å². The second-order valence-corrected chi connectivity index (χ2v) is 4.29. The molecule has 4 heteroatoms. The zero-order valence-corrected chi connectivity index (χ0v) is 8.92. The van der Waals surface area contributed by atoms with E-state index in [1.807, 2.05) is 24.3 Å². The normalized spacial score (nSPS) is 10.4. The van der Waals surface area contributed by atoms with Crippen molar-refractivity contribution in [2.24, 2.45) is 0 Å². The second-order valence-electron chi connectivity index (χ2n) is 3.26. The molecule has 0 fully saturated rings. The average Bonchev–Trinajstić information content (AvgIpc) is 2.68. The van der Waals surface area contributed by atoms with Crippen molar-refractivity contribution in [3.63, 3.8) is 0 Å². The van der Waals surface area contributed by atoms with Crippen LogP contribution in [-0.4, -0.2) is 16.7 Å². The van der Waals surface area contributed by atoms with Gasteiger partial charge in [-0.1, -0.05) is 6.07 Å². The lowest BCUT2D eigenvalue weighted by atomic mass is 10.1. The number of benzene rings is 1. The minimum Gasteiger partial charge on any atom is -0.396 e. The van der Waals surface area contributed by atoms with Gasteiger partial charge in [0, 0.05) is 6.61 Å². The smallest absolute Gasteiger partial charge is 0.195 e. The number of hydrogen-bond acceptors (Lipinski definition) is 4. The van der Waals surface area contributed by atoms with E-state index in [0.29, 0.717) is 5.01 Å². The molecule has 2 aromatic rings. The number of nitrogens with zero attached hydrogens (tertiary/aromatic N) is 2. The zero-order valence-electron chi connectivity index (χ0n) is 8.10. The molecule has 0 aliphatic heterocycles. The molecule has 0 aliphatic carbocycles. The number of rotatable bonds is 3. The lowest BCUT2D eigenvalue weighted by Gasteiger charge is -1.98. The molecule has 0 amide bonds. The Kier molecular flexibility index (Phi) is 2.95. The van der Waals surface area contributed by atoms with Crippen LogP contribution in [0.25, 0.3) is 10.2 Å². The Labute approximate surface area is 91.6 Å². The van der Waals surface area contributed by atoms with E-state index in [4.69, 9.17) is 10.4 Å². The van der Waals surface area contributed by atoms with E-state index in [1.54, 1.807) is 0 Å². The van der Waals surface area contributed by atoms with Gasteiger partial charge in [0.2, 0.25) is 0 Å². The molecule has 76 valence electrons.